The second-order valence-electron chi connectivity index (χ2n) is 5.71. The van der Waals surface area contributed by atoms with Crippen LogP contribution in [0.1, 0.15) is 11.1 Å². The fraction of sp³-hybridized carbons (Fsp3) is 0.100. The van der Waals surface area contributed by atoms with E-state index in [0.29, 0.717) is 0 Å². The quantitative estimate of drug-likeness (QED) is 0.205. The molecule has 0 saturated heterocycles. The molecule has 0 aliphatic heterocycles. The summed E-state index contributed by atoms with van der Waals surface area (Å²) in [5.41, 5.74) is 13.9. The number of anilines is 2. The van der Waals surface area contributed by atoms with Gasteiger partial charge in [-0.2, -0.15) is 0 Å². The van der Waals surface area contributed by atoms with Crippen LogP contribution in [0.4, 0.5) is 11.4 Å². The lowest BCUT2D eigenvalue weighted by atomic mass is 10.2. The Bertz CT molecular complexity index is 804. The molecule has 2 aromatic carbocycles. The predicted molar refractivity (Wildman–Crippen MR) is 126 cm³/mol. The lowest BCUT2D eigenvalue weighted by molar-refractivity contribution is 1.20. The van der Waals surface area contributed by atoms with Crippen LogP contribution in [0, 0.1) is 35.5 Å². The van der Waals surface area contributed by atoms with Crippen LogP contribution in [0.2, 0.25) is 0 Å². The van der Waals surface area contributed by atoms with Gasteiger partial charge in [0.05, 0.1) is 0 Å². The van der Waals surface area contributed by atoms with E-state index < -0.39 is 0 Å². The number of hydrogen-bond acceptors (Lipinski definition) is 4. The molecule has 10 heteroatoms. The highest BCUT2D eigenvalue weighted by Gasteiger charge is 2.01. The molecule has 160 valence electrons. The van der Waals surface area contributed by atoms with Crippen LogP contribution < -0.4 is 32.7 Å². The van der Waals surface area contributed by atoms with E-state index in [1.165, 1.54) is 0 Å². The monoisotopic (exact) mass is 410 g/mol. The predicted octanol–water partition coefficient (Wildman–Crippen LogP) is 2.45. The Kier molecular flexibility index (Phi) is 11.8. The van der Waals surface area contributed by atoms with Crippen LogP contribution in [-0.2, 0) is 0 Å². The Hall–Kier alpha value is -4.34. The maximum atomic E-state index is 7.41. The molecule has 0 bridgehead atoms. The number of rotatable bonds is 2. The summed E-state index contributed by atoms with van der Waals surface area (Å²) in [5.74, 6) is -0.522. The minimum absolute atomic E-state index is 0.00759. The molecule has 12 N–H and O–H groups in total. The summed E-state index contributed by atoms with van der Waals surface area (Å²) in [5, 5.41) is 39.0. The normalized spacial score (nSPS) is 8.73. The van der Waals surface area contributed by atoms with Gasteiger partial charge in [0.2, 0.25) is 0 Å². The average Bonchev–Trinajstić information content (AvgIpc) is 2.66. The zero-order valence-electron chi connectivity index (χ0n) is 17.2. The number of nitrogens with one attached hydrogen (secondary N) is 8. The molecule has 0 atom stereocenters. The van der Waals surface area contributed by atoms with Gasteiger partial charge in [-0.25, -0.2) is 0 Å². The maximum absolute atomic E-state index is 7.41. The molecule has 0 spiro atoms. The summed E-state index contributed by atoms with van der Waals surface area (Å²) < 4.78 is 0. The van der Waals surface area contributed by atoms with Gasteiger partial charge in [-0.15, -0.1) is 13.2 Å². The number of hydrogen-bond donors (Lipinski definition) is 10. The topological polar surface area (TPSA) is 196 Å². The molecule has 0 unspecified atom stereocenters. The van der Waals surface area contributed by atoms with Crippen LogP contribution in [0.15, 0.2) is 61.7 Å². The van der Waals surface area contributed by atoms with E-state index in [1.807, 2.05) is 62.4 Å². The SMILES string of the molecule is C=C.Cc1ccccc1NC(=N)NC(=N)N.Cc1ccccc1NC(=N)NC(=N)N. The van der Waals surface area contributed by atoms with Crippen molar-refractivity contribution in [3.05, 3.63) is 72.8 Å². The van der Waals surface area contributed by atoms with Crippen molar-refractivity contribution in [2.24, 2.45) is 11.5 Å². The van der Waals surface area contributed by atoms with Gasteiger partial charge >= 0.3 is 0 Å². The number of aryl methyl sites for hydroxylation is 2. The Labute approximate surface area is 176 Å². The highest BCUT2D eigenvalue weighted by molar-refractivity contribution is 6.03. The average molecular weight is 411 g/mol. The molecule has 10 nitrogen and oxygen atoms in total. The smallest absolute Gasteiger partial charge is 0.199 e. The summed E-state index contributed by atoms with van der Waals surface area (Å²) in [6.45, 7) is 9.87. The summed E-state index contributed by atoms with van der Waals surface area (Å²) >= 11 is 0. The summed E-state index contributed by atoms with van der Waals surface area (Å²) in [4.78, 5) is 0. The standard InChI is InChI=1S/2C9H13N5.C2H4/c2*1-6-4-2-3-5-7(6)13-9(12)14-8(10)11;1-2/h2*2-5H,1H3,(H6,10,11,12,13,14);1-2H2. The number of nitrogens with two attached hydrogens (primary N) is 2. The molecule has 0 fully saturated rings. The summed E-state index contributed by atoms with van der Waals surface area (Å²) in [6, 6.07) is 15.2. The zero-order chi connectivity index (χ0) is 23.1. The van der Waals surface area contributed by atoms with Crippen molar-refractivity contribution in [3.8, 4) is 0 Å². The van der Waals surface area contributed by atoms with Gasteiger partial charge in [0.25, 0.3) is 0 Å². The van der Waals surface area contributed by atoms with Gasteiger partial charge in [0.15, 0.2) is 23.8 Å². The number of guanidine groups is 4. The molecule has 0 heterocycles. The van der Waals surface area contributed by atoms with Gasteiger partial charge in [-0.05, 0) is 37.1 Å². The molecule has 0 aromatic heterocycles. The second kappa shape index (κ2) is 13.8. The van der Waals surface area contributed by atoms with Crippen molar-refractivity contribution in [1.82, 2.24) is 10.6 Å². The minimum atomic E-state index is -0.254. The van der Waals surface area contributed by atoms with Crippen LogP contribution >= 0.6 is 0 Å². The molecule has 0 radical (unpaired) electrons. The van der Waals surface area contributed by atoms with Crippen molar-refractivity contribution in [2.45, 2.75) is 13.8 Å². The van der Waals surface area contributed by atoms with Gasteiger partial charge in [0.1, 0.15) is 0 Å². The fourth-order valence-electron chi connectivity index (χ4n) is 2.03. The van der Waals surface area contributed by atoms with E-state index in [1.54, 1.807) is 0 Å². The largest absolute Gasteiger partial charge is 0.370 e. The third kappa shape index (κ3) is 10.7. The first kappa shape index (κ1) is 25.7. The van der Waals surface area contributed by atoms with E-state index in [-0.39, 0.29) is 23.8 Å². The Morgan fingerprint density at radius 2 is 0.967 bits per heavy atom. The van der Waals surface area contributed by atoms with Crippen molar-refractivity contribution in [1.29, 1.82) is 21.6 Å². The third-order valence-electron chi connectivity index (χ3n) is 3.33. The van der Waals surface area contributed by atoms with Crippen LogP contribution in [-0.4, -0.2) is 23.8 Å². The first-order valence-electron chi connectivity index (χ1n) is 8.73. The van der Waals surface area contributed by atoms with E-state index in [2.05, 4.69) is 34.4 Å². The molecule has 0 saturated carbocycles. The maximum Gasteiger partial charge on any atom is 0.199 e. The first-order chi connectivity index (χ1) is 14.2. The van der Waals surface area contributed by atoms with E-state index in [0.717, 1.165) is 22.5 Å². The minimum Gasteiger partial charge on any atom is -0.370 e. The molecule has 30 heavy (non-hydrogen) atoms. The van der Waals surface area contributed by atoms with E-state index in [9.17, 15) is 0 Å². The fourth-order valence-corrected chi connectivity index (χ4v) is 2.03. The first-order valence-corrected chi connectivity index (χ1v) is 8.73. The molecule has 2 rings (SSSR count). The molecular weight excluding hydrogens is 380 g/mol. The van der Waals surface area contributed by atoms with Crippen molar-refractivity contribution < 1.29 is 0 Å². The zero-order valence-corrected chi connectivity index (χ0v) is 17.2. The highest BCUT2D eigenvalue weighted by atomic mass is 15.2. The molecule has 2 aromatic rings. The van der Waals surface area contributed by atoms with Gasteiger partial charge in [-0.1, -0.05) is 36.4 Å². The molecular formula is C20H30N10. The van der Waals surface area contributed by atoms with E-state index >= 15 is 0 Å². The van der Waals surface area contributed by atoms with Gasteiger partial charge in [-0.3, -0.25) is 32.3 Å². The van der Waals surface area contributed by atoms with Gasteiger partial charge in [0, 0.05) is 11.4 Å². The summed E-state index contributed by atoms with van der Waals surface area (Å²) in [6.07, 6.45) is 0. The Morgan fingerprint density at radius 3 is 1.23 bits per heavy atom. The summed E-state index contributed by atoms with van der Waals surface area (Å²) in [7, 11) is 0. The van der Waals surface area contributed by atoms with Crippen LogP contribution in [0.25, 0.3) is 0 Å². The number of benzene rings is 2. The Balaban J connectivity index is 0.000000518. The molecule has 0 aliphatic rings. The van der Waals surface area contributed by atoms with Crippen LogP contribution in [0.5, 0.6) is 0 Å². The van der Waals surface area contributed by atoms with Crippen molar-refractivity contribution in [3.63, 3.8) is 0 Å². The van der Waals surface area contributed by atoms with Crippen molar-refractivity contribution >= 4 is 35.2 Å². The van der Waals surface area contributed by atoms with Crippen LogP contribution in [0.3, 0.4) is 0 Å². The lowest BCUT2D eigenvalue weighted by Crippen LogP contribution is -2.39. The molecule has 0 aliphatic carbocycles. The third-order valence-corrected chi connectivity index (χ3v) is 3.33. The number of para-hydroxylation sites is 2. The second-order valence-corrected chi connectivity index (χ2v) is 5.71. The van der Waals surface area contributed by atoms with E-state index in [4.69, 9.17) is 33.1 Å². The lowest BCUT2D eigenvalue weighted by Gasteiger charge is -2.10. The van der Waals surface area contributed by atoms with Crippen molar-refractivity contribution in [2.75, 3.05) is 10.6 Å². The van der Waals surface area contributed by atoms with Gasteiger partial charge < -0.3 is 22.1 Å². The highest BCUT2D eigenvalue weighted by Crippen LogP contribution is 2.12. The molecule has 0 amide bonds. The Morgan fingerprint density at radius 1 is 0.667 bits per heavy atom.